The molecular formula is C18H35Cl2N3O. The van der Waals surface area contributed by atoms with E-state index in [-0.39, 0.29) is 30.7 Å². The van der Waals surface area contributed by atoms with Crippen molar-refractivity contribution >= 4 is 30.7 Å². The van der Waals surface area contributed by atoms with Crippen LogP contribution in [0.25, 0.3) is 0 Å². The number of amides is 1. The molecule has 2 unspecified atom stereocenters. The van der Waals surface area contributed by atoms with Gasteiger partial charge < -0.3 is 16.0 Å². The van der Waals surface area contributed by atoms with E-state index in [0.717, 1.165) is 38.8 Å². The van der Waals surface area contributed by atoms with E-state index in [9.17, 15) is 4.79 Å². The number of hydrogen-bond acceptors (Lipinski definition) is 3. The van der Waals surface area contributed by atoms with Crippen molar-refractivity contribution in [1.82, 2.24) is 10.2 Å². The van der Waals surface area contributed by atoms with Gasteiger partial charge in [-0.25, -0.2) is 0 Å². The summed E-state index contributed by atoms with van der Waals surface area (Å²) in [6.07, 6.45) is 9.29. The number of nitrogens with one attached hydrogen (secondary N) is 1. The lowest BCUT2D eigenvalue weighted by Gasteiger charge is -2.44. The van der Waals surface area contributed by atoms with E-state index >= 15 is 0 Å². The van der Waals surface area contributed by atoms with Crippen LogP contribution in [0.5, 0.6) is 0 Å². The Labute approximate surface area is 159 Å². The molecule has 6 heteroatoms. The molecule has 0 aromatic rings. The van der Waals surface area contributed by atoms with Crippen molar-refractivity contribution in [2.75, 3.05) is 19.6 Å². The molecule has 3 fully saturated rings. The van der Waals surface area contributed by atoms with E-state index in [1.165, 1.54) is 32.2 Å². The van der Waals surface area contributed by atoms with Crippen molar-refractivity contribution < 1.29 is 4.79 Å². The van der Waals surface area contributed by atoms with E-state index in [1.807, 2.05) is 0 Å². The molecule has 2 bridgehead atoms. The van der Waals surface area contributed by atoms with E-state index in [2.05, 4.69) is 17.1 Å². The molecule has 3 rings (SSSR count). The van der Waals surface area contributed by atoms with Crippen LogP contribution < -0.4 is 11.1 Å². The Balaban J connectivity index is 0.00000144. The number of halogens is 2. The lowest BCUT2D eigenvalue weighted by Crippen LogP contribution is -2.51. The molecule has 2 atom stereocenters. The smallest absolute Gasteiger partial charge is 0.223 e. The number of hydrogen-bond donors (Lipinski definition) is 2. The van der Waals surface area contributed by atoms with Crippen molar-refractivity contribution in [3.05, 3.63) is 0 Å². The SMILES string of the molecule is CCCN1CCC(NC(=O)C2CC3CCCC(C2)C3N)CC1.Cl.Cl. The van der Waals surface area contributed by atoms with Gasteiger partial charge in [0.2, 0.25) is 5.91 Å². The Morgan fingerprint density at radius 3 is 2.21 bits per heavy atom. The fourth-order valence-corrected chi connectivity index (χ4v) is 4.94. The zero-order valence-electron chi connectivity index (χ0n) is 14.9. The number of nitrogens with two attached hydrogens (primary N) is 1. The molecule has 0 aromatic carbocycles. The Morgan fingerprint density at radius 1 is 1.08 bits per heavy atom. The number of fused-ring (bicyclic) bond motifs is 2. The molecule has 3 N–H and O–H groups in total. The summed E-state index contributed by atoms with van der Waals surface area (Å²) in [4.78, 5) is 15.2. The lowest BCUT2D eigenvalue weighted by atomic mass is 9.65. The van der Waals surface area contributed by atoms with Gasteiger partial charge in [0.1, 0.15) is 0 Å². The normalized spacial score (nSPS) is 33.9. The van der Waals surface area contributed by atoms with Crippen molar-refractivity contribution in [2.45, 2.75) is 70.4 Å². The Bertz CT molecular complexity index is 374. The number of piperidine rings is 1. The second-order valence-corrected chi connectivity index (χ2v) is 7.82. The molecule has 2 saturated carbocycles. The van der Waals surface area contributed by atoms with Gasteiger partial charge in [-0.15, -0.1) is 24.8 Å². The van der Waals surface area contributed by atoms with Gasteiger partial charge in [0.05, 0.1) is 0 Å². The van der Waals surface area contributed by atoms with Crippen molar-refractivity contribution in [3.63, 3.8) is 0 Å². The standard InChI is InChI=1S/C18H33N3O.2ClH/c1-2-8-21-9-6-16(7-10-21)20-18(22)15-11-13-4-3-5-14(12-15)17(13)19;;/h13-17H,2-12,19H2,1H3,(H,20,22);2*1H. The molecule has 24 heavy (non-hydrogen) atoms. The highest BCUT2D eigenvalue weighted by Gasteiger charge is 2.40. The van der Waals surface area contributed by atoms with Crippen LogP contribution in [0.1, 0.15) is 58.3 Å². The molecule has 3 aliphatic rings. The number of nitrogens with zero attached hydrogens (tertiary/aromatic N) is 1. The van der Waals surface area contributed by atoms with Crippen LogP contribution in [-0.2, 0) is 4.79 Å². The summed E-state index contributed by atoms with van der Waals surface area (Å²) < 4.78 is 0. The minimum absolute atomic E-state index is 0. The maximum absolute atomic E-state index is 12.6. The summed E-state index contributed by atoms with van der Waals surface area (Å²) >= 11 is 0. The molecule has 142 valence electrons. The van der Waals surface area contributed by atoms with Crippen LogP contribution in [0.15, 0.2) is 0 Å². The Morgan fingerprint density at radius 2 is 1.67 bits per heavy atom. The Hall–Kier alpha value is -0.0300. The summed E-state index contributed by atoms with van der Waals surface area (Å²) in [5.41, 5.74) is 6.34. The van der Waals surface area contributed by atoms with Crippen LogP contribution in [0.2, 0.25) is 0 Å². The van der Waals surface area contributed by atoms with Crippen LogP contribution in [0.4, 0.5) is 0 Å². The first kappa shape index (κ1) is 22.0. The fraction of sp³-hybridized carbons (Fsp3) is 0.944. The van der Waals surface area contributed by atoms with E-state index in [1.54, 1.807) is 0 Å². The van der Waals surface area contributed by atoms with Crippen LogP contribution in [0, 0.1) is 17.8 Å². The number of carbonyl (C=O) groups is 1. The molecule has 2 aliphatic carbocycles. The molecule has 1 aliphatic heterocycles. The number of likely N-dealkylation sites (tertiary alicyclic amines) is 1. The van der Waals surface area contributed by atoms with Gasteiger partial charge in [0, 0.05) is 31.1 Å². The zero-order chi connectivity index (χ0) is 15.5. The first-order valence-electron chi connectivity index (χ1n) is 9.45. The van der Waals surface area contributed by atoms with Crippen molar-refractivity contribution in [3.8, 4) is 0 Å². The van der Waals surface area contributed by atoms with Gasteiger partial charge in [-0.3, -0.25) is 4.79 Å². The average molecular weight is 380 g/mol. The van der Waals surface area contributed by atoms with Gasteiger partial charge in [-0.05, 0) is 63.3 Å². The first-order chi connectivity index (χ1) is 10.7. The molecule has 0 radical (unpaired) electrons. The van der Waals surface area contributed by atoms with Gasteiger partial charge in [-0.1, -0.05) is 13.3 Å². The zero-order valence-corrected chi connectivity index (χ0v) is 16.5. The average Bonchev–Trinajstić information content (AvgIpc) is 2.49. The molecule has 1 saturated heterocycles. The van der Waals surface area contributed by atoms with Gasteiger partial charge in [-0.2, -0.15) is 0 Å². The highest BCUT2D eigenvalue weighted by Crippen LogP contribution is 2.41. The van der Waals surface area contributed by atoms with Crippen LogP contribution in [0.3, 0.4) is 0 Å². The summed E-state index contributed by atoms with van der Waals surface area (Å²) in [5.74, 6) is 1.73. The van der Waals surface area contributed by atoms with E-state index in [4.69, 9.17) is 5.73 Å². The minimum atomic E-state index is 0. The quantitative estimate of drug-likeness (QED) is 0.788. The second-order valence-electron chi connectivity index (χ2n) is 7.82. The molecule has 0 spiro atoms. The Kier molecular flexibility index (Phi) is 9.35. The summed E-state index contributed by atoms with van der Waals surface area (Å²) in [6.45, 7) is 5.71. The monoisotopic (exact) mass is 379 g/mol. The number of carbonyl (C=O) groups excluding carboxylic acids is 1. The largest absolute Gasteiger partial charge is 0.353 e. The molecule has 4 nitrogen and oxygen atoms in total. The molecule has 0 aromatic heterocycles. The van der Waals surface area contributed by atoms with Crippen molar-refractivity contribution in [2.24, 2.45) is 23.5 Å². The molecule has 1 heterocycles. The second kappa shape index (κ2) is 10.2. The van der Waals surface area contributed by atoms with E-state index < -0.39 is 0 Å². The summed E-state index contributed by atoms with van der Waals surface area (Å²) in [6, 6.07) is 0.756. The maximum atomic E-state index is 12.6. The van der Waals surface area contributed by atoms with Gasteiger partial charge in [0.15, 0.2) is 0 Å². The predicted octanol–water partition coefficient (Wildman–Crippen LogP) is 2.97. The fourth-order valence-electron chi connectivity index (χ4n) is 4.94. The molecular weight excluding hydrogens is 345 g/mol. The summed E-state index contributed by atoms with van der Waals surface area (Å²) in [5, 5.41) is 3.35. The number of rotatable bonds is 4. The third-order valence-corrected chi connectivity index (χ3v) is 6.26. The highest BCUT2D eigenvalue weighted by atomic mass is 35.5. The third-order valence-electron chi connectivity index (χ3n) is 6.26. The van der Waals surface area contributed by atoms with Gasteiger partial charge in [0.25, 0.3) is 0 Å². The first-order valence-corrected chi connectivity index (χ1v) is 9.45. The van der Waals surface area contributed by atoms with Crippen LogP contribution in [-0.4, -0.2) is 42.5 Å². The van der Waals surface area contributed by atoms with Crippen molar-refractivity contribution in [1.29, 1.82) is 0 Å². The molecule has 1 amide bonds. The lowest BCUT2D eigenvalue weighted by molar-refractivity contribution is -0.129. The predicted molar refractivity (Wildman–Crippen MR) is 104 cm³/mol. The van der Waals surface area contributed by atoms with Gasteiger partial charge >= 0.3 is 0 Å². The minimum Gasteiger partial charge on any atom is -0.353 e. The van der Waals surface area contributed by atoms with E-state index in [0.29, 0.717) is 29.8 Å². The summed E-state index contributed by atoms with van der Waals surface area (Å²) in [7, 11) is 0. The highest BCUT2D eigenvalue weighted by molar-refractivity contribution is 5.85. The topological polar surface area (TPSA) is 58.4 Å². The van der Waals surface area contributed by atoms with Crippen LogP contribution >= 0.6 is 24.8 Å². The third kappa shape index (κ3) is 5.23. The maximum Gasteiger partial charge on any atom is 0.223 e.